The number of carbonyl (C=O) groups is 1. The summed E-state index contributed by atoms with van der Waals surface area (Å²) in [6, 6.07) is 0. The molecule has 6 heteroatoms. The van der Waals surface area contributed by atoms with Gasteiger partial charge in [0.05, 0.1) is 15.9 Å². The molecule has 0 aliphatic heterocycles. The average Bonchev–Trinajstić information content (AvgIpc) is 2.32. The Morgan fingerprint density at radius 3 is 2.57 bits per heavy atom. The molecule has 0 aromatic carbocycles. The van der Waals surface area contributed by atoms with Crippen LogP contribution in [0.2, 0.25) is 0 Å². The molecular formula is C8H11BrN2O3. The first-order valence-electron chi connectivity index (χ1n) is 3.93. The van der Waals surface area contributed by atoms with Gasteiger partial charge in [0.15, 0.2) is 6.10 Å². The van der Waals surface area contributed by atoms with Gasteiger partial charge in [-0.25, -0.2) is 4.79 Å². The van der Waals surface area contributed by atoms with Crippen molar-refractivity contribution >= 4 is 21.9 Å². The van der Waals surface area contributed by atoms with Crippen molar-refractivity contribution in [2.75, 3.05) is 7.11 Å². The Labute approximate surface area is 89.8 Å². The molecule has 0 fully saturated rings. The van der Waals surface area contributed by atoms with E-state index in [0.29, 0.717) is 10.2 Å². The van der Waals surface area contributed by atoms with Crippen LogP contribution in [-0.2, 0) is 16.6 Å². The fraction of sp³-hybridized carbons (Fsp3) is 0.500. The minimum Gasteiger partial charge on any atom is -0.479 e. The van der Waals surface area contributed by atoms with Crippen molar-refractivity contribution in [1.29, 1.82) is 0 Å². The Kier molecular flexibility index (Phi) is 3.28. The molecule has 1 aromatic rings. The first-order chi connectivity index (χ1) is 6.49. The minimum atomic E-state index is -1.03. The number of rotatable bonds is 3. The number of aryl methyl sites for hydroxylation is 2. The van der Waals surface area contributed by atoms with Gasteiger partial charge in [0.25, 0.3) is 0 Å². The molecular weight excluding hydrogens is 252 g/mol. The fourth-order valence-corrected chi connectivity index (χ4v) is 1.81. The van der Waals surface area contributed by atoms with Crippen molar-refractivity contribution in [3.05, 3.63) is 15.9 Å². The van der Waals surface area contributed by atoms with Crippen LogP contribution in [-0.4, -0.2) is 28.0 Å². The zero-order chi connectivity index (χ0) is 10.9. The summed E-state index contributed by atoms with van der Waals surface area (Å²) in [4.78, 5) is 10.9. The molecule has 5 nitrogen and oxygen atoms in total. The highest BCUT2D eigenvalue weighted by molar-refractivity contribution is 9.10. The molecule has 0 aliphatic carbocycles. The van der Waals surface area contributed by atoms with Crippen molar-refractivity contribution in [1.82, 2.24) is 9.78 Å². The largest absolute Gasteiger partial charge is 0.479 e. The van der Waals surface area contributed by atoms with Crippen LogP contribution in [0.4, 0.5) is 0 Å². The summed E-state index contributed by atoms with van der Waals surface area (Å²) in [5.74, 6) is -1.03. The molecule has 0 amide bonds. The van der Waals surface area contributed by atoms with Crippen LogP contribution in [0.5, 0.6) is 0 Å². The molecule has 0 radical (unpaired) electrons. The number of ether oxygens (including phenoxy) is 1. The number of halogens is 1. The predicted molar refractivity (Wildman–Crippen MR) is 53.0 cm³/mol. The van der Waals surface area contributed by atoms with Crippen LogP contribution in [0, 0.1) is 6.92 Å². The second-order valence-electron chi connectivity index (χ2n) is 2.86. The Balaban J connectivity index is 3.22. The first-order valence-corrected chi connectivity index (χ1v) is 4.73. The van der Waals surface area contributed by atoms with Crippen LogP contribution in [0.3, 0.4) is 0 Å². The molecule has 1 aromatic heterocycles. The molecule has 0 spiro atoms. The highest BCUT2D eigenvalue weighted by Crippen LogP contribution is 2.27. The highest BCUT2D eigenvalue weighted by Gasteiger charge is 2.26. The first kappa shape index (κ1) is 11.2. The molecule has 0 saturated heterocycles. The Morgan fingerprint density at radius 1 is 1.71 bits per heavy atom. The van der Waals surface area contributed by atoms with E-state index in [1.54, 1.807) is 14.0 Å². The lowest BCUT2D eigenvalue weighted by atomic mass is 10.2. The second kappa shape index (κ2) is 4.10. The lowest BCUT2D eigenvalue weighted by Crippen LogP contribution is -2.17. The van der Waals surface area contributed by atoms with E-state index in [4.69, 9.17) is 9.84 Å². The van der Waals surface area contributed by atoms with Crippen LogP contribution in [0.15, 0.2) is 4.47 Å². The van der Waals surface area contributed by atoms with Gasteiger partial charge in [-0.3, -0.25) is 4.68 Å². The maximum atomic E-state index is 10.9. The number of hydrogen-bond acceptors (Lipinski definition) is 3. The minimum absolute atomic E-state index is 0.512. The number of aromatic nitrogens is 2. The normalized spacial score (nSPS) is 12.9. The number of carboxylic acid groups (broad SMARTS) is 1. The Hall–Kier alpha value is -0.880. The third-order valence-electron chi connectivity index (χ3n) is 1.90. The third kappa shape index (κ3) is 1.80. The number of methoxy groups -OCH3 is 1. The Morgan fingerprint density at radius 2 is 2.29 bits per heavy atom. The summed E-state index contributed by atoms with van der Waals surface area (Å²) in [5, 5.41) is 13.0. The summed E-state index contributed by atoms with van der Waals surface area (Å²) in [6.07, 6.45) is -0.990. The average molecular weight is 263 g/mol. The molecule has 1 unspecified atom stereocenters. The molecule has 1 heterocycles. The van der Waals surface area contributed by atoms with Crippen LogP contribution in [0.25, 0.3) is 0 Å². The standard InChI is InChI=1S/C8H11BrN2O3/c1-4-5(9)6(11(2)10-4)7(14-3)8(12)13/h7H,1-3H3,(H,12,13). The number of hydrogen-bond donors (Lipinski definition) is 1. The number of nitrogens with zero attached hydrogens (tertiary/aromatic N) is 2. The molecule has 1 rings (SSSR count). The van der Waals surface area contributed by atoms with Gasteiger partial charge in [-0.15, -0.1) is 0 Å². The summed E-state index contributed by atoms with van der Waals surface area (Å²) in [5.41, 5.74) is 1.25. The van der Waals surface area contributed by atoms with Crippen molar-refractivity contribution in [3.8, 4) is 0 Å². The van der Waals surface area contributed by atoms with Crippen molar-refractivity contribution in [2.24, 2.45) is 7.05 Å². The lowest BCUT2D eigenvalue weighted by molar-refractivity contribution is -0.149. The molecule has 78 valence electrons. The smallest absolute Gasteiger partial charge is 0.339 e. The Bertz CT molecular complexity index is 362. The van der Waals surface area contributed by atoms with E-state index in [1.807, 2.05) is 0 Å². The van der Waals surface area contributed by atoms with Crippen molar-refractivity contribution in [3.63, 3.8) is 0 Å². The molecule has 0 bridgehead atoms. The zero-order valence-corrected chi connectivity index (χ0v) is 9.70. The van der Waals surface area contributed by atoms with Crippen LogP contribution >= 0.6 is 15.9 Å². The van der Waals surface area contributed by atoms with E-state index in [-0.39, 0.29) is 0 Å². The van der Waals surface area contributed by atoms with Gasteiger partial charge in [0.1, 0.15) is 0 Å². The van der Waals surface area contributed by atoms with E-state index in [9.17, 15) is 4.79 Å². The van der Waals surface area contributed by atoms with Gasteiger partial charge in [0, 0.05) is 14.2 Å². The monoisotopic (exact) mass is 262 g/mol. The van der Waals surface area contributed by atoms with Crippen molar-refractivity contribution < 1.29 is 14.6 Å². The van der Waals surface area contributed by atoms with Gasteiger partial charge >= 0.3 is 5.97 Å². The lowest BCUT2D eigenvalue weighted by Gasteiger charge is -2.11. The van der Waals surface area contributed by atoms with Gasteiger partial charge in [-0.05, 0) is 22.9 Å². The van der Waals surface area contributed by atoms with E-state index in [2.05, 4.69) is 21.0 Å². The molecule has 0 saturated carbocycles. The SMILES string of the molecule is COC(C(=O)O)c1c(Br)c(C)nn1C. The maximum absolute atomic E-state index is 10.9. The molecule has 0 aliphatic rings. The number of carboxylic acids is 1. The van der Waals surface area contributed by atoms with Crippen molar-refractivity contribution in [2.45, 2.75) is 13.0 Å². The summed E-state index contributed by atoms with van der Waals surface area (Å²) in [6.45, 7) is 1.79. The summed E-state index contributed by atoms with van der Waals surface area (Å²) in [7, 11) is 3.04. The highest BCUT2D eigenvalue weighted by atomic mass is 79.9. The molecule has 1 N–H and O–H groups in total. The van der Waals surface area contributed by atoms with Gasteiger partial charge in [-0.2, -0.15) is 5.10 Å². The number of aliphatic carboxylic acids is 1. The summed E-state index contributed by atoms with van der Waals surface area (Å²) < 4.78 is 7.06. The topological polar surface area (TPSA) is 64.3 Å². The van der Waals surface area contributed by atoms with E-state index >= 15 is 0 Å². The summed E-state index contributed by atoms with van der Waals surface area (Å²) >= 11 is 3.28. The maximum Gasteiger partial charge on any atom is 0.339 e. The van der Waals surface area contributed by atoms with Gasteiger partial charge in [-0.1, -0.05) is 0 Å². The van der Waals surface area contributed by atoms with Crippen LogP contribution < -0.4 is 0 Å². The molecule has 14 heavy (non-hydrogen) atoms. The van der Waals surface area contributed by atoms with Gasteiger partial charge < -0.3 is 9.84 Å². The fourth-order valence-electron chi connectivity index (χ4n) is 1.26. The van der Waals surface area contributed by atoms with Gasteiger partial charge in [0.2, 0.25) is 0 Å². The van der Waals surface area contributed by atoms with E-state index < -0.39 is 12.1 Å². The zero-order valence-electron chi connectivity index (χ0n) is 8.11. The molecule has 1 atom stereocenters. The third-order valence-corrected chi connectivity index (χ3v) is 2.88. The van der Waals surface area contributed by atoms with E-state index in [0.717, 1.165) is 5.69 Å². The second-order valence-corrected chi connectivity index (χ2v) is 3.66. The van der Waals surface area contributed by atoms with Crippen LogP contribution in [0.1, 0.15) is 17.5 Å². The van der Waals surface area contributed by atoms with E-state index in [1.165, 1.54) is 11.8 Å². The predicted octanol–water partition coefficient (Wildman–Crippen LogP) is 1.26. The quantitative estimate of drug-likeness (QED) is 0.891.